The van der Waals surface area contributed by atoms with Gasteiger partial charge in [0.05, 0.1) is 17.2 Å². The summed E-state index contributed by atoms with van der Waals surface area (Å²) in [4.78, 5) is 20.5. The van der Waals surface area contributed by atoms with Crippen LogP contribution in [0.25, 0.3) is 32.9 Å². The number of aryl methyl sites for hydroxylation is 2. The summed E-state index contributed by atoms with van der Waals surface area (Å²) < 4.78 is 5.88. The molecule has 30 heavy (non-hydrogen) atoms. The molecule has 0 spiro atoms. The molecular weight excluding hydrogens is 376 g/mol. The smallest absolute Gasteiger partial charge is 0.278 e. The van der Waals surface area contributed by atoms with Crippen molar-refractivity contribution in [2.24, 2.45) is 4.99 Å². The second kappa shape index (κ2) is 5.95. The molecule has 2 N–H and O–H groups in total. The fourth-order valence-electron chi connectivity index (χ4n) is 4.93. The van der Waals surface area contributed by atoms with Gasteiger partial charge in [-0.05, 0) is 73.7 Å². The van der Waals surface area contributed by atoms with E-state index in [9.17, 15) is 9.90 Å². The highest BCUT2D eigenvalue weighted by Gasteiger charge is 2.32. The maximum absolute atomic E-state index is 12.8. The number of aromatic hydroxyl groups is 1. The van der Waals surface area contributed by atoms with Crippen molar-refractivity contribution >= 4 is 33.9 Å². The zero-order valence-corrected chi connectivity index (χ0v) is 16.7. The zero-order chi connectivity index (χ0) is 20.6. The molecule has 5 nitrogen and oxygen atoms in total. The molecule has 1 aliphatic carbocycles. The van der Waals surface area contributed by atoms with Crippen LogP contribution in [0.2, 0.25) is 0 Å². The van der Waals surface area contributed by atoms with E-state index >= 15 is 0 Å². The van der Waals surface area contributed by atoms with Crippen LogP contribution in [-0.2, 0) is 12.8 Å². The number of carbonyl (C=O) groups is 1. The van der Waals surface area contributed by atoms with Gasteiger partial charge in [-0.25, -0.2) is 4.99 Å². The molecule has 2 heterocycles. The molecule has 148 valence electrons. The molecule has 0 fully saturated rings. The number of rotatable bonds is 2. The Balaban J connectivity index is 1.70. The molecule has 3 aromatic carbocycles. The van der Waals surface area contributed by atoms with Crippen molar-refractivity contribution in [3.05, 3.63) is 58.7 Å². The van der Waals surface area contributed by atoms with Gasteiger partial charge in [0, 0.05) is 33.6 Å². The third kappa shape index (κ3) is 2.29. The fourth-order valence-corrected chi connectivity index (χ4v) is 4.93. The number of phenols is 1. The molecule has 6 rings (SSSR count). The first-order valence-electron chi connectivity index (χ1n) is 10.2. The summed E-state index contributed by atoms with van der Waals surface area (Å²) in [6, 6.07) is 11.5. The number of nitrogens with one attached hydrogen (secondary N) is 1. The molecule has 0 bridgehead atoms. The third-order valence-electron chi connectivity index (χ3n) is 6.06. The van der Waals surface area contributed by atoms with Gasteiger partial charge in [0.2, 0.25) is 0 Å². The summed E-state index contributed by atoms with van der Waals surface area (Å²) in [6.07, 6.45) is 3.48. The van der Waals surface area contributed by atoms with E-state index in [1.54, 1.807) is 18.3 Å². The summed E-state index contributed by atoms with van der Waals surface area (Å²) in [5, 5.41) is 11.9. The van der Waals surface area contributed by atoms with E-state index in [2.05, 4.69) is 22.1 Å². The minimum Gasteiger partial charge on any atom is -0.508 e. The maximum Gasteiger partial charge on any atom is 0.278 e. The number of ether oxygens (including phenoxy) is 1. The second-order valence-electron chi connectivity index (χ2n) is 8.30. The van der Waals surface area contributed by atoms with Crippen molar-refractivity contribution in [3.8, 4) is 22.6 Å². The van der Waals surface area contributed by atoms with E-state index in [1.165, 1.54) is 5.56 Å². The summed E-state index contributed by atoms with van der Waals surface area (Å²) in [6.45, 7) is 4.03. The molecule has 0 saturated carbocycles. The topological polar surface area (TPSA) is 74.7 Å². The molecule has 1 aromatic heterocycles. The number of fused-ring (bicyclic) bond motifs is 10. The average Bonchev–Trinajstić information content (AvgIpc) is 3.27. The van der Waals surface area contributed by atoms with Crippen LogP contribution in [0.15, 0.2) is 41.4 Å². The molecule has 2 aliphatic rings. The van der Waals surface area contributed by atoms with Gasteiger partial charge in [0.1, 0.15) is 11.5 Å². The van der Waals surface area contributed by atoms with Crippen LogP contribution < -0.4 is 4.74 Å². The number of nitrogens with zero attached hydrogens (tertiary/aromatic N) is 1. The number of phenolic OH excluding ortho intramolecular Hbond substituents is 1. The number of H-pyrrole nitrogens is 1. The Hall–Kier alpha value is -3.60. The second-order valence-corrected chi connectivity index (χ2v) is 8.30. The monoisotopic (exact) mass is 396 g/mol. The van der Waals surface area contributed by atoms with Gasteiger partial charge >= 0.3 is 0 Å². The van der Waals surface area contributed by atoms with Crippen molar-refractivity contribution in [1.29, 1.82) is 0 Å². The third-order valence-corrected chi connectivity index (χ3v) is 6.06. The summed E-state index contributed by atoms with van der Waals surface area (Å²) in [5.74, 6) is 0.862. The van der Waals surface area contributed by atoms with Gasteiger partial charge < -0.3 is 14.8 Å². The highest BCUT2D eigenvalue weighted by molar-refractivity contribution is 6.28. The lowest BCUT2D eigenvalue weighted by molar-refractivity contribution is 0.101. The van der Waals surface area contributed by atoms with Crippen LogP contribution in [0.1, 0.15) is 40.9 Å². The average molecular weight is 396 g/mol. The highest BCUT2D eigenvalue weighted by atomic mass is 16.5. The van der Waals surface area contributed by atoms with Crippen LogP contribution >= 0.6 is 0 Å². The lowest BCUT2D eigenvalue weighted by atomic mass is 9.80. The number of hydrogen-bond donors (Lipinski definition) is 2. The quantitative estimate of drug-likeness (QED) is 0.492. The summed E-state index contributed by atoms with van der Waals surface area (Å²) in [7, 11) is 0. The minimum atomic E-state index is -0.201. The van der Waals surface area contributed by atoms with Crippen LogP contribution in [0.5, 0.6) is 11.5 Å². The fraction of sp³-hybridized carbons (Fsp3) is 0.200. The molecule has 0 radical (unpaired) electrons. The van der Waals surface area contributed by atoms with Gasteiger partial charge in [0.15, 0.2) is 0 Å². The van der Waals surface area contributed by atoms with Gasteiger partial charge in [-0.15, -0.1) is 0 Å². The summed E-state index contributed by atoms with van der Waals surface area (Å²) >= 11 is 0. The molecule has 1 aliphatic heterocycles. The van der Waals surface area contributed by atoms with Gasteiger partial charge in [-0.2, -0.15) is 0 Å². The SMILES string of the molecule is CC(C)Oc1ccc2c(c1)CCc1c-2c2c(c3c1[nH]c1ccc(O)cc13)C=NC2=O. The maximum atomic E-state index is 12.8. The first-order chi connectivity index (χ1) is 14.5. The van der Waals surface area contributed by atoms with E-state index in [1.807, 2.05) is 26.0 Å². The number of amides is 1. The number of benzene rings is 3. The predicted octanol–water partition coefficient (Wildman–Crippen LogP) is 5.15. The van der Waals surface area contributed by atoms with Crippen molar-refractivity contribution in [3.63, 3.8) is 0 Å². The zero-order valence-electron chi connectivity index (χ0n) is 16.7. The number of aromatic nitrogens is 1. The van der Waals surface area contributed by atoms with Gasteiger partial charge in [-0.3, -0.25) is 4.79 Å². The van der Waals surface area contributed by atoms with Crippen molar-refractivity contribution in [1.82, 2.24) is 4.98 Å². The van der Waals surface area contributed by atoms with Crippen molar-refractivity contribution in [2.45, 2.75) is 32.8 Å². The van der Waals surface area contributed by atoms with Crippen LogP contribution in [0, 0.1) is 0 Å². The molecule has 4 aromatic rings. The number of hydrogen-bond acceptors (Lipinski definition) is 3. The van der Waals surface area contributed by atoms with E-state index in [0.717, 1.165) is 62.7 Å². The Bertz CT molecular complexity index is 1430. The standard InChI is InChI=1S/C25H20N2O3/c1-12(2)30-15-5-7-16-13(9-15)3-6-17-21(16)23-19(11-26-25(23)29)22-18-10-14(28)4-8-20(18)27-24(17)22/h4-5,7-12,27-28H,3,6H2,1-2H3. The van der Waals surface area contributed by atoms with Gasteiger partial charge in [0.25, 0.3) is 5.91 Å². The number of aromatic amines is 1. The molecular formula is C25H20N2O3. The lowest BCUT2D eigenvalue weighted by Crippen LogP contribution is -2.11. The summed E-state index contributed by atoms with van der Waals surface area (Å²) in [5.41, 5.74) is 7.86. The van der Waals surface area contributed by atoms with E-state index in [-0.39, 0.29) is 17.8 Å². The normalized spacial score (nSPS) is 14.4. The minimum absolute atomic E-state index is 0.112. The Morgan fingerprint density at radius 3 is 2.80 bits per heavy atom. The number of aliphatic imine (C=N–C) groups is 1. The van der Waals surface area contributed by atoms with Crippen LogP contribution in [0.3, 0.4) is 0 Å². The molecule has 1 amide bonds. The Morgan fingerprint density at radius 2 is 1.97 bits per heavy atom. The van der Waals surface area contributed by atoms with E-state index < -0.39 is 0 Å². The van der Waals surface area contributed by atoms with Crippen LogP contribution in [-0.4, -0.2) is 28.3 Å². The lowest BCUT2D eigenvalue weighted by Gasteiger charge is -2.24. The Morgan fingerprint density at radius 1 is 1.10 bits per heavy atom. The van der Waals surface area contributed by atoms with Gasteiger partial charge in [-0.1, -0.05) is 6.07 Å². The molecule has 0 saturated heterocycles. The molecule has 0 unspecified atom stereocenters. The molecule has 0 atom stereocenters. The van der Waals surface area contributed by atoms with Crippen molar-refractivity contribution in [2.75, 3.05) is 0 Å². The Labute approximate surface area is 173 Å². The number of carbonyl (C=O) groups excluding carboxylic acids is 1. The molecule has 5 heteroatoms. The largest absolute Gasteiger partial charge is 0.508 e. The van der Waals surface area contributed by atoms with Crippen LogP contribution in [0.4, 0.5) is 0 Å². The predicted molar refractivity (Wildman–Crippen MR) is 118 cm³/mol. The van der Waals surface area contributed by atoms with Crippen molar-refractivity contribution < 1.29 is 14.6 Å². The first-order valence-corrected chi connectivity index (χ1v) is 10.2. The Kier molecular flexibility index (Phi) is 3.43. The highest BCUT2D eigenvalue weighted by Crippen LogP contribution is 2.46. The van der Waals surface area contributed by atoms with E-state index in [0.29, 0.717) is 5.56 Å². The van der Waals surface area contributed by atoms with E-state index in [4.69, 9.17) is 4.74 Å². The first kappa shape index (κ1) is 17.3.